The van der Waals surface area contributed by atoms with Gasteiger partial charge in [-0.25, -0.2) is 0 Å². The quantitative estimate of drug-likeness (QED) is 0.793. The summed E-state index contributed by atoms with van der Waals surface area (Å²) in [5.41, 5.74) is 0. The molecule has 1 saturated heterocycles. The van der Waals surface area contributed by atoms with Crippen LogP contribution in [-0.2, 0) is 9.59 Å². The van der Waals surface area contributed by atoms with Crippen molar-refractivity contribution in [2.75, 3.05) is 26.2 Å². The lowest BCUT2D eigenvalue weighted by molar-refractivity contribution is -0.142. The summed E-state index contributed by atoms with van der Waals surface area (Å²) in [6, 6.07) is 0. The Balaban J connectivity index is 1.75. The summed E-state index contributed by atoms with van der Waals surface area (Å²) in [7, 11) is 0. The summed E-state index contributed by atoms with van der Waals surface area (Å²) >= 11 is 0. The lowest BCUT2D eigenvalue weighted by atomic mass is 9.88. The molecule has 114 valence electrons. The van der Waals surface area contributed by atoms with Crippen molar-refractivity contribution in [3.8, 4) is 0 Å². The van der Waals surface area contributed by atoms with E-state index < -0.39 is 0 Å². The number of rotatable bonds is 4. The zero-order valence-corrected chi connectivity index (χ0v) is 12.8. The maximum Gasteiger partial charge on any atom is 0.225 e. The van der Waals surface area contributed by atoms with Crippen LogP contribution in [0.1, 0.15) is 58.3 Å². The lowest BCUT2D eigenvalue weighted by Crippen LogP contribution is -2.52. The van der Waals surface area contributed by atoms with Crippen LogP contribution in [0.4, 0.5) is 0 Å². The molecule has 20 heavy (non-hydrogen) atoms. The highest BCUT2D eigenvalue weighted by atomic mass is 16.2. The highest BCUT2D eigenvalue weighted by Crippen LogP contribution is 2.25. The molecule has 0 aromatic heterocycles. The molecule has 0 aromatic rings. The Morgan fingerprint density at radius 3 is 2.15 bits per heavy atom. The first-order valence-electron chi connectivity index (χ1n) is 8.29. The monoisotopic (exact) mass is 280 g/mol. The number of hydrogen-bond donors (Lipinski definition) is 0. The van der Waals surface area contributed by atoms with Crippen LogP contribution in [0.3, 0.4) is 0 Å². The standard InChI is InChI=1S/C16H28N2O2/c1-2-3-9-15(19)17-10-12-18(13-11-17)16(20)14-7-5-4-6-8-14/h14H,2-13H2,1H3. The molecule has 1 saturated carbocycles. The first-order chi connectivity index (χ1) is 9.72. The molecule has 0 unspecified atom stereocenters. The smallest absolute Gasteiger partial charge is 0.225 e. The molecule has 2 fully saturated rings. The van der Waals surface area contributed by atoms with E-state index in [1.54, 1.807) is 0 Å². The minimum atomic E-state index is 0.256. The summed E-state index contributed by atoms with van der Waals surface area (Å²) < 4.78 is 0. The fourth-order valence-electron chi connectivity index (χ4n) is 3.27. The molecule has 0 aromatic carbocycles. The molecule has 2 rings (SSSR count). The van der Waals surface area contributed by atoms with Gasteiger partial charge in [-0.2, -0.15) is 0 Å². The number of piperazine rings is 1. The van der Waals surface area contributed by atoms with Crippen molar-refractivity contribution >= 4 is 11.8 Å². The number of amides is 2. The van der Waals surface area contributed by atoms with Crippen LogP contribution in [0.25, 0.3) is 0 Å². The van der Waals surface area contributed by atoms with Gasteiger partial charge in [-0.3, -0.25) is 9.59 Å². The summed E-state index contributed by atoms with van der Waals surface area (Å²) in [6.45, 7) is 5.01. The molecule has 2 amide bonds. The van der Waals surface area contributed by atoms with Gasteiger partial charge in [0.25, 0.3) is 0 Å². The molecule has 0 N–H and O–H groups in total. The Morgan fingerprint density at radius 2 is 1.55 bits per heavy atom. The van der Waals surface area contributed by atoms with Gasteiger partial charge in [-0.05, 0) is 19.3 Å². The Kier molecular flexibility index (Phi) is 5.86. The third kappa shape index (κ3) is 3.97. The molecule has 0 atom stereocenters. The molecule has 1 aliphatic heterocycles. The van der Waals surface area contributed by atoms with E-state index in [-0.39, 0.29) is 11.8 Å². The highest BCUT2D eigenvalue weighted by molar-refractivity contribution is 5.80. The van der Waals surface area contributed by atoms with E-state index in [1.807, 2.05) is 9.80 Å². The van der Waals surface area contributed by atoms with Crippen molar-refractivity contribution in [2.45, 2.75) is 58.3 Å². The average Bonchev–Trinajstić information content (AvgIpc) is 2.53. The highest BCUT2D eigenvalue weighted by Gasteiger charge is 2.29. The van der Waals surface area contributed by atoms with Gasteiger partial charge < -0.3 is 9.80 Å². The zero-order chi connectivity index (χ0) is 14.4. The number of carbonyl (C=O) groups excluding carboxylic acids is 2. The van der Waals surface area contributed by atoms with Crippen LogP contribution in [0.2, 0.25) is 0 Å². The zero-order valence-electron chi connectivity index (χ0n) is 12.8. The van der Waals surface area contributed by atoms with Gasteiger partial charge in [0.1, 0.15) is 0 Å². The van der Waals surface area contributed by atoms with Crippen molar-refractivity contribution in [1.29, 1.82) is 0 Å². The van der Waals surface area contributed by atoms with Gasteiger partial charge in [-0.1, -0.05) is 32.6 Å². The molecule has 1 heterocycles. The lowest BCUT2D eigenvalue weighted by Gasteiger charge is -2.37. The van der Waals surface area contributed by atoms with Gasteiger partial charge in [0, 0.05) is 38.5 Å². The van der Waals surface area contributed by atoms with Gasteiger partial charge in [0.05, 0.1) is 0 Å². The second-order valence-electron chi connectivity index (χ2n) is 6.14. The Hall–Kier alpha value is -1.06. The molecular formula is C16H28N2O2. The van der Waals surface area contributed by atoms with E-state index in [0.717, 1.165) is 51.9 Å². The van der Waals surface area contributed by atoms with Gasteiger partial charge in [0.2, 0.25) is 11.8 Å². The van der Waals surface area contributed by atoms with Gasteiger partial charge in [0.15, 0.2) is 0 Å². The molecule has 4 heteroatoms. The number of unbranched alkanes of at least 4 members (excludes halogenated alkanes) is 1. The van der Waals surface area contributed by atoms with E-state index in [4.69, 9.17) is 0 Å². The minimum absolute atomic E-state index is 0.256. The van der Waals surface area contributed by atoms with E-state index in [0.29, 0.717) is 12.3 Å². The van der Waals surface area contributed by atoms with Gasteiger partial charge in [-0.15, -0.1) is 0 Å². The molecule has 1 aliphatic carbocycles. The minimum Gasteiger partial charge on any atom is -0.339 e. The third-order valence-corrected chi connectivity index (χ3v) is 4.64. The van der Waals surface area contributed by atoms with Crippen LogP contribution in [0.15, 0.2) is 0 Å². The van der Waals surface area contributed by atoms with E-state index in [9.17, 15) is 9.59 Å². The van der Waals surface area contributed by atoms with Crippen LogP contribution in [-0.4, -0.2) is 47.8 Å². The first-order valence-corrected chi connectivity index (χ1v) is 8.29. The van der Waals surface area contributed by atoms with Crippen molar-refractivity contribution in [2.24, 2.45) is 5.92 Å². The summed E-state index contributed by atoms with van der Waals surface area (Å²) in [6.07, 6.45) is 8.50. The molecule has 2 aliphatic rings. The van der Waals surface area contributed by atoms with Gasteiger partial charge >= 0.3 is 0 Å². The Labute approximate surface area is 122 Å². The number of hydrogen-bond acceptors (Lipinski definition) is 2. The van der Waals surface area contributed by atoms with Crippen molar-refractivity contribution in [1.82, 2.24) is 9.80 Å². The SMILES string of the molecule is CCCCC(=O)N1CCN(C(=O)C2CCCCC2)CC1. The Bertz CT molecular complexity index is 329. The topological polar surface area (TPSA) is 40.6 Å². The molecule has 0 bridgehead atoms. The van der Waals surface area contributed by atoms with Crippen molar-refractivity contribution in [3.63, 3.8) is 0 Å². The van der Waals surface area contributed by atoms with Crippen LogP contribution >= 0.6 is 0 Å². The summed E-state index contributed by atoms with van der Waals surface area (Å²) in [4.78, 5) is 28.3. The van der Waals surface area contributed by atoms with Crippen LogP contribution < -0.4 is 0 Å². The maximum atomic E-state index is 12.4. The first kappa shape index (κ1) is 15.3. The van der Waals surface area contributed by atoms with E-state index in [1.165, 1.54) is 19.3 Å². The van der Waals surface area contributed by atoms with Crippen molar-refractivity contribution in [3.05, 3.63) is 0 Å². The Morgan fingerprint density at radius 1 is 0.950 bits per heavy atom. The van der Waals surface area contributed by atoms with Crippen molar-refractivity contribution < 1.29 is 9.59 Å². The summed E-state index contributed by atoms with van der Waals surface area (Å²) in [5.74, 6) is 0.855. The predicted octanol–water partition coefficient (Wildman–Crippen LogP) is 2.43. The third-order valence-electron chi connectivity index (χ3n) is 4.64. The maximum absolute atomic E-state index is 12.4. The summed E-state index contributed by atoms with van der Waals surface area (Å²) in [5, 5.41) is 0. The number of carbonyl (C=O) groups is 2. The predicted molar refractivity (Wildman–Crippen MR) is 79.3 cm³/mol. The molecule has 0 radical (unpaired) electrons. The molecular weight excluding hydrogens is 252 g/mol. The van der Waals surface area contributed by atoms with Crippen LogP contribution in [0, 0.1) is 5.92 Å². The van der Waals surface area contributed by atoms with Crippen LogP contribution in [0.5, 0.6) is 0 Å². The van der Waals surface area contributed by atoms with E-state index >= 15 is 0 Å². The second kappa shape index (κ2) is 7.65. The fraction of sp³-hybridized carbons (Fsp3) is 0.875. The number of nitrogens with zero attached hydrogens (tertiary/aromatic N) is 2. The normalized spacial score (nSPS) is 21.1. The largest absolute Gasteiger partial charge is 0.339 e. The molecule has 4 nitrogen and oxygen atoms in total. The second-order valence-corrected chi connectivity index (χ2v) is 6.14. The fourth-order valence-corrected chi connectivity index (χ4v) is 3.27. The molecule has 0 spiro atoms. The average molecular weight is 280 g/mol. The van der Waals surface area contributed by atoms with E-state index in [2.05, 4.69) is 6.92 Å².